The topological polar surface area (TPSA) is 66.9 Å². The fraction of sp³-hybridized carbons (Fsp3) is 0.588. The van der Waals surface area contributed by atoms with Crippen LogP contribution in [-0.2, 0) is 14.8 Å². The van der Waals surface area contributed by atoms with Gasteiger partial charge in [-0.3, -0.25) is 4.79 Å². The molecule has 0 bridgehead atoms. The summed E-state index contributed by atoms with van der Waals surface area (Å²) in [6.07, 6.45) is 4.24. The summed E-state index contributed by atoms with van der Waals surface area (Å²) in [4.78, 5) is 14.8. The third-order valence-electron chi connectivity index (χ3n) is 4.89. The first kappa shape index (κ1) is 18.7. The highest BCUT2D eigenvalue weighted by Gasteiger charge is 2.40. The van der Waals surface area contributed by atoms with Gasteiger partial charge in [-0.15, -0.1) is 0 Å². The van der Waals surface area contributed by atoms with Crippen molar-refractivity contribution in [3.05, 3.63) is 22.7 Å². The Bertz CT molecular complexity index is 747. The lowest BCUT2D eigenvalue weighted by atomic mass is 10.0. The zero-order chi connectivity index (χ0) is 18.0. The smallest absolute Gasteiger partial charge is 0.243 e. The fourth-order valence-electron chi connectivity index (χ4n) is 3.53. The third kappa shape index (κ3) is 3.71. The Morgan fingerprint density at radius 3 is 2.48 bits per heavy atom. The molecule has 0 N–H and O–H groups in total. The Morgan fingerprint density at radius 2 is 1.84 bits per heavy atom. The van der Waals surface area contributed by atoms with Crippen LogP contribution in [0.25, 0.3) is 0 Å². The second-order valence-electron chi connectivity index (χ2n) is 6.46. The number of ether oxygens (including phenoxy) is 1. The SMILES string of the molecule is COc1ccc(S(=O)(=O)N2CCCCC2C(=O)N2CCCC2)cc1Br. The highest BCUT2D eigenvalue weighted by Crippen LogP contribution is 2.32. The van der Waals surface area contributed by atoms with Crippen LogP contribution in [-0.4, -0.2) is 56.3 Å². The molecule has 25 heavy (non-hydrogen) atoms. The molecule has 2 aliphatic rings. The van der Waals surface area contributed by atoms with Gasteiger partial charge in [0.05, 0.1) is 16.5 Å². The van der Waals surface area contributed by atoms with Crippen LogP contribution >= 0.6 is 15.9 Å². The zero-order valence-corrected chi connectivity index (χ0v) is 16.7. The first-order chi connectivity index (χ1) is 11.9. The molecule has 2 heterocycles. The molecule has 1 aromatic carbocycles. The number of rotatable bonds is 4. The number of methoxy groups -OCH3 is 1. The van der Waals surface area contributed by atoms with E-state index in [0.717, 1.165) is 38.8 Å². The number of sulfonamides is 1. The van der Waals surface area contributed by atoms with Gasteiger partial charge in [0.1, 0.15) is 11.8 Å². The van der Waals surface area contributed by atoms with Crippen molar-refractivity contribution in [2.45, 2.75) is 43.0 Å². The van der Waals surface area contributed by atoms with Crippen molar-refractivity contribution >= 4 is 31.9 Å². The van der Waals surface area contributed by atoms with Gasteiger partial charge in [-0.1, -0.05) is 6.42 Å². The van der Waals surface area contributed by atoms with Gasteiger partial charge in [-0.25, -0.2) is 8.42 Å². The van der Waals surface area contributed by atoms with E-state index < -0.39 is 16.1 Å². The molecule has 0 aromatic heterocycles. The van der Waals surface area contributed by atoms with Crippen molar-refractivity contribution < 1.29 is 17.9 Å². The molecule has 0 saturated carbocycles. The van der Waals surface area contributed by atoms with Crippen molar-refractivity contribution in [1.29, 1.82) is 0 Å². The lowest BCUT2D eigenvalue weighted by molar-refractivity contribution is -0.135. The molecule has 6 nitrogen and oxygen atoms in total. The molecule has 3 rings (SSSR count). The van der Waals surface area contributed by atoms with Crippen LogP contribution in [0, 0.1) is 0 Å². The molecule has 0 spiro atoms. The summed E-state index contributed by atoms with van der Waals surface area (Å²) >= 11 is 3.34. The molecule has 0 aliphatic carbocycles. The van der Waals surface area contributed by atoms with Crippen molar-refractivity contribution in [2.24, 2.45) is 0 Å². The van der Waals surface area contributed by atoms with E-state index >= 15 is 0 Å². The van der Waals surface area contributed by atoms with Gasteiger partial charge >= 0.3 is 0 Å². The molecule has 2 fully saturated rings. The minimum Gasteiger partial charge on any atom is -0.496 e. The van der Waals surface area contributed by atoms with Crippen LogP contribution in [0.2, 0.25) is 0 Å². The molecule has 1 amide bonds. The largest absolute Gasteiger partial charge is 0.496 e. The number of nitrogens with zero attached hydrogens (tertiary/aromatic N) is 2. The van der Waals surface area contributed by atoms with Crippen molar-refractivity contribution in [2.75, 3.05) is 26.7 Å². The standard InChI is InChI=1S/C17H23BrN2O4S/c1-24-16-8-7-13(12-14(16)18)25(22,23)20-11-3-2-6-15(20)17(21)19-9-4-5-10-19/h7-8,12,15H,2-6,9-11H2,1H3. The molecule has 1 aromatic rings. The van der Waals surface area contributed by atoms with Gasteiger partial charge in [0.2, 0.25) is 15.9 Å². The Kier molecular flexibility index (Phi) is 5.70. The van der Waals surface area contributed by atoms with E-state index in [0.29, 0.717) is 23.2 Å². The summed E-state index contributed by atoms with van der Waals surface area (Å²) in [7, 11) is -2.20. The van der Waals surface area contributed by atoms with E-state index in [9.17, 15) is 13.2 Å². The van der Waals surface area contributed by atoms with Crippen molar-refractivity contribution in [3.63, 3.8) is 0 Å². The molecule has 2 aliphatic heterocycles. The minimum atomic E-state index is -3.73. The molecule has 1 unspecified atom stereocenters. The number of hydrogen-bond acceptors (Lipinski definition) is 4. The van der Waals surface area contributed by atoms with Crippen LogP contribution in [0.15, 0.2) is 27.6 Å². The molecule has 1 atom stereocenters. The van der Waals surface area contributed by atoms with Crippen LogP contribution in [0.3, 0.4) is 0 Å². The molecule has 8 heteroatoms. The maximum absolute atomic E-state index is 13.2. The number of hydrogen-bond donors (Lipinski definition) is 0. The number of benzene rings is 1. The minimum absolute atomic E-state index is 0.0478. The van der Waals surface area contributed by atoms with E-state index in [-0.39, 0.29) is 10.8 Å². The second-order valence-corrected chi connectivity index (χ2v) is 9.20. The first-order valence-corrected chi connectivity index (χ1v) is 10.8. The van der Waals surface area contributed by atoms with E-state index in [4.69, 9.17) is 4.74 Å². The predicted octanol–water partition coefficient (Wildman–Crippen LogP) is 2.62. The Morgan fingerprint density at radius 1 is 1.16 bits per heavy atom. The van der Waals surface area contributed by atoms with Crippen LogP contribution < -0.4 is 4.74 Å². The van der Waals surface area contributed by atoms with E-state index in [1.54, 1.807) is 12.1 Å². The normalized spacial score (nSPS) is 22.2. The lowest BCUT2D eigenvalue weighted by Gasteiger charge is -2.35. The van der Waals surface area contributed by atoms with Gasteiger partial charge in [-0.2, -0.15) is 4.31 Å². The monoisotopic (exact) mass is 430 g/mol. The maximum Gasteiger partial charge on any atom is 0.243 e. The Balaban J connectivity index is 1.90. The number of carbonyl (C=O) groups excluding carboxylic acids is 1. The summed E-state index contributed by atoms with van der Waals surface area (Å²) in [5.41, 5.74) is 0. The summed E-state index contributed by atoms with van der Waals surface area (Å²) in [5.74, 6) is 0.524. The lowest BCUT2D eigenvalue weighted by Crippen LogP contribution is -2.52. The number of carbonyl (C=O) groups is 1. The Hall–Kier alpha value is -1.12. The van der Waals surface area contributed by atoms with Crippen molar-refractivity contribution in [3.8, 4) is 5.75 Å². The third-order valence-corrected chi connectivity index (χ3v) is 7.41. The number of halogens is 1. The van der Waals surface area contributed by atoms with Gasteiger partial charge in [0.15, 0.2) is 0 Å². The fourth-order valence-corrected chi connectivity index (χ4v) is 5.90. The van der Waals surface area contributed by atoms with Gasteiger partial charge < -0.3 is 9.64 Å². The average molecular weight is 431 g/mol. The highest BCUT2D eigenvalue weighted by molar-refractivity contribution is 9.10. The Labute approximate surface area is 157 Å². The van der Waals surface area contributed by atoms with Crippen LogP contribution in [0.1, 0.15) is 32.1 Å². The molecule has 0 radical (unpaired) electrons. The van der Waals surface area contributed by atoms with Crippen LogP contribution in [0.5, 0.6) is 5.75 Å². The number of likely N-dealkylation sites (tertiary alicyclic amines) is 1. The van der Waals surface area contributed by atoms with Crippen molar-refractivity contribution in [1.82, 2.24) is 9.21 Å². The zero-order valence-electron chi connectivity index (χ0n) is 14.3. The van der Waals surface area contributed by atoms with Gasteiger partial charge in [0, 0.05) is 19.6 Å². The van der Waals surface area contributed by atoms with E-state index in [1.807, 2.05) is 4.90 Å². The summed E-state index contributed by atoms with van der Waals surface area (Å²) in [6, 6.07) is 4.11. The molecule has 2 saturated heterocycles. The molecular weight excluding hydrogens is 408 g/mol. The first-order valence-electron chi connectivity index (χ1n) is 8.59. The molecule has 138 valence electrons. The van der Waals surface area contributed by atoms with E-state index in [1.165, 1.54) is 17.5 Å². The second kappa shape index (κ2) is 7.63. The summed E-state index contributed by atoms with van der Waals surface area (Å²) < 4.78 is 33.5. The quantitative estimate of drug-likeness (QED) is 0.735. The van der Waals surface area contributed by atoms with E-state index in [2.05, 4.69) is 15.9 Å². The maximum atomic E-state index is 13.2. The van der Waals surface area contributed by atoms with Gasteiger partial charge in [0.25, 0.3) is 0 Å². The number of piperidine rings is 1. The molecular formula is C17H23BrN2O4S. The van der Waals surface area contributed by atoms with Crippen LogP contribution in [0.4, 0.5) is 0 Å². The highest BCUT2D eigenvalue weighted by atomic mass is 79.9. The van der Waals surface area contributed by atoms with Gasteiger partial charge in [-0.05, 0) is 59.8 Å². The summed E-state index contributed by atoms with van der Waals surface area (Å²) in [6.45, 7) is 1.85. The average Bonchev–Trinajstić information content (AvgIpc) is 3.15. The number of amides is 1. The summed E-state index contributed by atoms with van der Waals surface area (Å²) in [5, 5.41) is 0. The predicted molar refractivity (Wildman–Crippen MR) is 98.0 cm³/mol.